The van der Waals surface area contributed by atoms with Gasteiger partial charge < -0.3 is 14.9 Å². The van der Waals surface area contributed by atoms with Gasteiger partial charge in [-0.2, -0.15) is 0 Å². The van der Waals surface area contributed by atoms with E-state index in [1.54, 1.807) is 24.3 Å². The van der Waals surface area contributed by atoms with Crippen LogP contribution in [0.5, 0.6) is 11.5 Å². The summed E-state index contributed by atoms with van der Waals surface area (Å²) in [5.74, 6) is -1.03. The Bertz CT molecular complexity index is 1510. The summed E-state index contributed by atoms with van der Waals surface area (Å²) in [6, 6.07) is 12.3. The van der Waals surface area contributed by atoms with E-state index in [-0.39, 0.29) is 16.9 Å². The Morgan fingerprint density at radius 2 is 1.29 bits per heavy atom. The normalized spacial score (nSPS) is 10.7. The van der Waals surface area contributed by atoms with E-state index in [1.165, 1.54) is 0 Å². The second kappa shape index (κ2) is 8.27. The van der Waals surface area contributed by atoms with Gasteiger partial charge in [-0.05, 0) is 29.2 Å². The minimum absolute atomic E-state index is 0.0242. The largest absolute Gasteiger partial charge is 0.449 e. The van der Waals surface area contributed by atoms with Crippen molar-refractivity contribution in [3.8, 4) is 22.6 Å². The lowest BCUT2D eigenvalue weighted by molar-refractivity contribution is -0.394. The highest BCUT2D eigenvalue weighted by Crippen LogP contribution is 2.45. The van der Waals surface area contributed by atoms with E-state index in [4.69, 9.17) is 4.74 Å². The summed E-state index contributed by atoms with van der Waals surface area (Å²) in [4.78, 5) is 45.1. The zero-order valence-electron chi connectivity index (χ0n) is 16.7. The summed E-state index contributed by atoms with van der Waals surface area (Å²) < 4.78 is 5.66. The number of hydrogen-bond acceptors (Lipinski definition) is 9. The monoisotopic (exact) mass is 465 g/mol. The number of benzene rings is 3. The standard InChI is InChI=1S/C20H11N5O9/c26-22(27)11-5-7-17(34-18-8-6-12(23(28)29)10-16(18)24(30)31)14(9-11)19-13-3-1-2-4-15(13)21-20(19)25(32)33/h1-10,21H. The summed E-state index contributed by atoms with van der Waals surface area (Å²) in [5.41, 5.74) is -1.40. The van der Waals surface area contributed by atoms with Crippen molar-refractivity contribution in [1.82, 2.24) is 4.98 Å². The van der Waals surface area contributed by atoms with Crippen LogP contribution in [0, 0.1) is 40.5 Å². The molecule has 0 spiro atoms. The fourth-order valence-corrected chi connectivity index (χ4v) is 3.42. The molecule has 0 saturated heterocycles. The molecule has 0 atom stereocenters. The lowest BCUT2D eigenvalue weighted by Gasteiger charge is -2.11. The number of nitrogens with one attached hydrogen (secondary N) is 1. The van der Waals surface area contributed by atoms with Gasteiger partial charge in [0.15, 0.2) is 0 Å². The van der Waals surface area contributed by atoms with Crippen LogP contribution in [-0.4, -0.2) is 24.7 Å². The minimum atomic E-state index is -0.887. The van der Waals surface area contributed by atoms with Crippen LogP contribution < -0.4 is 4.74 Å². The van der Waals surface area contributed by atoms with Crippen molar-refractivity contribution in [2.45, 2.75) is 0 Å². The Morgan fingerprint density at radius 1 is 0.676 bits per heavy atom. The number of aromatic nitrogens is 1. The van der Waals surface area contributed by atoms with E-state index >= 15 is 0 Å². The summed E-state index contributed by atoms with van der Waals surface area (Å²) in [6.07, 6.45) is 0. The van der Waals surface area contributed by atoms with Gasteiger partial charge in [-0.25, -0.2) is 4.98 Å². The van der Waals surface area contributed by atoms with Crippen LogP contribution in [0.4, 0.5) is 22.9 Å². The molecule has 34 heavy (non-hydrogen) atoms. The predicted octanol–water partition coefficient (Wildman–Crippen LogP) is 5.26. The van der Waals surface area contributed by atoms with Gasteiger partial charge in [0.1, 0.15) is 11.3 Å². The lowest BCUT2D eigenvalue weighted by atomic mass is 10.0. The van der Waals surface area contributed by atoms with E-state index in [9.17, 15) is 40.5 Å². The van der Waals surface area contributed by atoms with E-state index < -0.39 is 48.3 Å². The van der Waals surface area contributed by atoms with E-state index in [2.05, 4.69) is 4.98 Å². The number of fused-ring (bicyclic) bond motifs is 1. The van der Waals surface area contributed by atoms with Crippen molar-refractivity contribution in [3.05, 3.63) is 101 Å². The summed E-state index contributed by atoms with van der Waals surface area (Å²) in [6.45, 7) is 0. The molecular weight excluding hydrogens is 454 g/mol. The first-order valence-electron chi connectivity index (χ1n) is 9.32. The quantitative estimate of drug-likeness (QED) is 0.279. The number of ether oxygens (including phenoxy) is 1. The Balaban J connectivity index is 1.97. The van der Waals surface area contributed by atoms with Crippen molar-refractivity contribution in [2.24, 2.45) is 0 Å². The summed E-state index contributed by atoms with van der Waals surface area (Å²) in [5, 5.41) is 46.0. The summed E-state index contributed by atoms with van der Waals surface area (Å²) in [7, 11) is 0. The number of nitro groups is 4. The number of aromatic amines is 1. The maximum Gasteiger partial charge on any atom is 0.329 e. The molecule has 0 saturated carbocycles. The predicted molar refractivity (Wildman–Crippen MR) is 117 cm³/mol. The first-order valence-corrected chi connectivity index (χ1v) is 9.32. The molecule has 0 aliphatic rings. The number of nitro benzene ring substituents is 3. The molecule has 0 unspecified atom stereocenters. The molecule has 4 rings (SSSR count). The van der Waals surface area contributed by atoms with Gasteiger partial charge in [-0.15, -0.1) is 0 Å². The molecule has 0 aliphatic carbocycles. The minimum Gasteiger partial charge on any atom is -0.449 e. The number of para-hydroxylation sites is 1. The molecule has 4 aromatic rings. The first kappa shape index (κ1) is 21.8. The third-order valence-corrected chi connectivity index (χ3v) is 4.88. The van der Waals surface area contributed by atoms with Gasteiger partial charge in [0.05, 0.1) is 26.4 Å². The van der Waals surface area contributed by atoms with Crippen LogP contribution in [0.2, 0.25) is 0 Å². The number of rotatable bonds is 7. The average molecular weight is 465 g/mol. The average Bonchev–Trinajstić information content (AvgIpc) is 3.19. The van der Waals surface area contributed by atoms with Crippen molar-refractivity contribution < 1.29 is 24.4 Å². The Labute approximate surface area is 187 Å². The molecule has 1 N–H and O–H groups in total. The van der Waals surface area contributed by atoms with E-state index in [1.807, 2.05) is 0 Å². The smallest absolute Gasteiger partial charge is 0.329 e. The van der Waals surface area contributed by atoms with Crippen LogP contribution in [0.1, 0.15) is 0 Å². The fourth-order valence-electron chi connectivity index (χ4n) is 3.42. The molecule has 0 aliphatic heterocycles. The fraction of sp³-hybridized carbons (Fsp3) is 0. The van der Waals surface area contributed by atoms with Crippen LogP contribution in [0.15, 0.2) is 60.7 Å². The topological polar surface area (TPSA) is 198 Å². The third-order valence-electron chi connectivity index (χ3n) is 4.88. The Morgan fingerprint density at radius 3 is 1.91 bits per heavy atom. The Hall–Kier alpha value is -5.40. The number of H-pyrrole nitrogens is 1. The van der Waals surface area contributed by atoms with Crippen molar-refractivity contribution in [1.29, 1.82) is 0 Å². The van der Waals surface area contributed by atoms with E-state index in [0.29, 0.717) is 17.0 Å². The molecule has 1 heterocycles. The highest BCUT2D eigenvalue weighted by Gasteiger charge is 2.28. The van der Waals surface area contributed by atoms with Gasteiger partial charge in [-0.1, -0.05) is 12.1 Å². The molecule has 14 heteroatoms. The molecule has 1 aromatic heterocycles. The van der Waals surface area contributed by atoms with Crippen LogP contribution >= 0.6 is 0 Å². The highest BCUT2D eigenvalue weighted by atomic mass is 16.6. The van der Waals surface area contributed by atoms with Crippen LogP contribution in [-0.2, 0) is 0 Å². The second-order valence-electron chi connectivity index (χ2n) is 6.86. The molecule has 0 radical (unpaired) electrons. The number of non-ortho nitro benzene ring substituents is 2. The highest BCUT2D eigenvalue weighted by molar-refractivity contribution is 6.02. The molecule has 170 valence electrons. The molecule has 14 nitrogen and oxygen atoms in total. The van der Waals surface area contributed by atoms with Gasteiger partial charge in [0, 0.05) is 29.1 Å². The van der Waals surface area contributed by atoms with Gasteiger partial charge in [0.25, 0.3) is 11.4 Å². The Kier molecular flexibility index (Phi) is 5.31. The van der Waals surface area contributed by atoms with Crippen LogP contribution in [0.3, 0.4) is 0 Å². The third kappa shape index (κ3) is 3.81. The van der Waals surface area contributed by atoms with Gasteiger partial charge >= 0.3 is 11.5 Å². The second-order valence-corrected chi connectivity index (χ2v) is 6.86. The zero-order chi connectivity index (χ0) is 24.6. The van der Waals surface area contributed by atoms with Gasteiger partial charge in [-0.3, -0.25) is 30.3 Å². The number of nitrogens with zero attached hydrogens (tertiary/aromatic N) is 4. The SMILES string of the molecule is O=[N+]([O-])c1ccc(Oc2ccc([N+](=O)[O-])cc2[N+](=O)[O-])c(-c2c([N+](=O)[O-])[nH]c3ccccc23)c1. The first-order chi connectivity index (χ1) is 16.2. The van der Waals surface area contributed by atoms with Gasteiger partial charge in [0.2, 0.25) is 5.75 Å². The van der Waals surface area contributed by atoms with Crippen molar-refractivity contribution >= 4 is 33.8 Å². The molecule has 0 amide bonds. The zero-order valence-corrected chi connectivity index (χ0v) is 16.7. The molecule has 0 bridgehead atoms. The van der Waals surface area contributed by atoms with Crippen molar-refractivity contribution in [3.63, 3.8) is 0 Å². The number of hydrogen-bond donors (Lipinski definition) is 1. The van der Waals surface area contributed by atoms with Crippen LogP contribution in [0.25, 0.3) is 22.0 Å². The molecule has 3 aromatic carbocycles. The van der Waals surface area contributed by atoms with E-state index in [0.717, 1.165) is 30.3 Å². The maximum atomic E-state index is 11.7. The molecule has 0 fully saturated rings. The molecular formula is C20H11N5O9. The van der Waals surface area contributed by atoms with Crippen molar-refractivity contribution in [2.75, 3.05) is 0 Å². The lowest BCUT2D eigenvalue weighted by Crippen LogP contribution is -1.98. The summed E-state index contributed by atoms with van der Waals surface area (Å²) >= 11 is 0. The maximum absolute atomic E-state index is 11.7.